The van der Waals surface area contributed by atoms with E-state index in [0.29, 0.717) is 6.10 Å². The molecule has 1 aromatic rings. The molecule has 0 aliphatic carbocycles. The maximum atomic E-state index is 5.86. The topological polar surface area (TPSA) is 12.5 Å². The van der Waals surface area contributed by atoms with Gasteiger partial charge in [-0.15, -0.1) is 0 Å². The van der Waals surface area contributed by atoms with Crippen LogP contribution in [0.5, 0.6) is 0 Å². The second-order valence-corrected chi connectivity index (χ2v) is 3.24. The van der Waals surface area contributed by atoms with Crippen molar-refractivity contribution in [1.29, 1.82) is 0 Å². The lowest BCUT2D eigenvalue weighted by molar-refractivity contribution is 0.415. The highest BCUT2D eigenvalue weighted by atomic mass is 35.5. The molecule has 1 heterocycles. The van der Waals surface area contributed by atoms with Crippen molar-refractivity contribution in [3.8, 4) is 0 Å². The van der Waals surface area contributed by atoms with Gasteiger partial charge in [0.05, 0.1) is 6.61 Å². The molecule has 2 heteroatoms. The average Bonchev–Trinajstić information content (AvgIpc) is 2.77. The summed E-state index contributed by atoms with van der Waals surface area (Å²) in [7, 11) is 0. The molecule has 1 saturated heterocycles. The first-order chi connectivity index (χ1) is 5.27. The van der Waals surface area contributed by atoms with E-state index in [9.17, 15) is 0 Å². The molecule has 0 spiro atoms. The second kappa shape index (κ2) is 2.50. The van der Waals surface area contributed by atoms with Gasteiger partial charge < -0.3 is 4.74 Å². The maximum absolute atomic E-state index is 5.86. The molecule has 1 fully saturated rings. The van der Waals surface area contributed by atoms with Crippen LogP contribution in [-0.4, -0.2) is 6.61 Å². The molecular formula is C9H9ClO. The number of ether oxygens (including phenoxy) is 1. The van der Waals surface area contributed by atoms with E-state index in [-0.39, 0.29) is 0 Å². The predicted octanol–water partition coefficient (Wildman–Crippen LogP) is 2.72. The number of hydrogen-bond donors (Lipinski definition) is 0. The third kappa shape index (κ3) is 1.39. The first-order valence-electron chi connectivity index (χ1n) is 3.65. The minimum atomic E-state index is 0.339. The van der Waals surface area contributed by atoms with Crippen LogP contribution in [0.25, 0.3) is 0 Å². The van der Waals surface area contributed by atoms with E-state index in [1.807, 2.05) is 19.1 Å². The van der Waals surface area contributed by atoms with Crippen LogP contribution in [0.3, 0.4) is 0 Å². The molecule has 0 aromatic heterocycles. The quantitative estimate of drug-likeness (QED) is 0.588. The van der Waals surface area contributed by atoms with E-state index >= 15 is 0 Å². The van der Waals surface area contributed by atoms with Crippen molar-refractivity contribution in [2.24, 2.45) is 0 Å². The Labute approximate surface area is 70.9 Å². The molecule has 1 nitrogen and oxygen atoms in total. The standard InChI is InChI=1S/C9H9ClO/c1-6-4-7(9-5-11-9)2-3-8(6)10/h2-4,9H,5H2,1H3/t9-/m1/s1. The van der Waals surface area contributed by atoms with Gasteiger partial charge in [-0.05, 0) is 24.1 Å². The van der Waals surface area contributed by atoms with Gasteiger partial charge in [-0.3, -0.25) is 0 Å². The van der Waals surface area contributed by atoms with E-state index in [1.165, 1.54) is 5.56 Å². The van der Waals surface area contributed by atoms with Gasteiger partial charge in [0.2, 0.25) is 0 Å². The lowest BCUT2D eigenvalue weighted by atomic mass is 10.1. The summed E-state index contributed by atoms with van der Waals surface area (Å²) in [5.41, 5.74) is 2.37. The van der Waals surface area contributed by atoms with Crippen LogP contribution in [0, 0.1) is 6.92 Å². The van der Waals surface area contributed by atoms with Crippen molar-refractivity contribution in [3.05, 3.63) is 34.3 Å². The molecule has 1 aromatic carbocycles. The Kier molecular flexibility index (Phi) is 1.63. The van der Waals surface area contributed by atoms with E-state index in [2.05, 4.69) is 6.07 Å². The van der Waals surface area contributed by atoms with Gasteiger partial charge in [-0.2, -0.15) is 0 Å². The van der Waals surface area contributed by atoms with E-state index in [0.717, 1.165) is 17.2 Å². The molecule has 1 atom stereocenters. The first kappa shape index (κ1) is 7.14. The summed E-state index contributed by atoms with van der Waals surface area (Å²) in [6.45, 7) is 2.87. The Hall–Kier alpha value is -0.530. The number of rotatable bonds is 1. The Morgan fingerprint density at radius 3 is 2.82 bits per heavy atom. The van der Waals surface area contributed by atoms with Crippen molar-refractivity contribution in [1.82, 2.24) is 0 Å². The molecule has 0 bridgehead atoms. The fraction of sp³-hybridized carbons (Fsp3) is 0.333. The molecular weight excluding hydrogens is 160 g/mol. The number of benzene rings is 1. The largest absolute Gasteiger partial charge is 0.368 e. The number of hydrogen-bond acceptors (Lipinski definition) is 1. The van der Waals surface area contributed by atoms with Gasteiger partial charge in [0.15, 0.2) is 0 Å². The van der Waals surface area contributed by atoms with Crippen molar-refractivity contribution >= 4 is 11.6 Å². The van der Waals surface area contributed by atoms with Crippen LogP contribution in [0.15, 0.2) is 18.2 Å². The normalized spacial score (nSPS) is 21.8. The number of halogens is 1. The summed E-state index contributed by atoms with van der Waals surface area (Å²) in [4.78, 5) is 0. The molecule has 0 N–H and O–H groups in total. The third-order valence-electron chi connectivity index (χ3n) is 1.89. The number of aryl methyl sites for hydroxylation is 1. The van der Waals surface area contributed by atoms with Crippen LogP contribution >= 0.6 is 11.6 Å². The fourth-order valence-corrected chi connectivity index (χ4v) is 1.23. The van der Waals surface area contributed by atoms with E-state index < -0.39 is 0 Å². The molecule has 1 aliphatic heterocycles. The minimum Gasteiger partial charge on any atom is -0.368 e. The van der Waals surface area contributed by atoms with Gasteiger partial charge in [-0.1, -0.05) is 23.7 Å². The Morgan fingerprint density at radius 1 is 1.55 bits per heavy atom. The predicted molar refractivity (Wildman–Crippen MR) is 44.9 cm³/mol. The summed E-state index contributed by atoms with van der Waals surface area (Å²) in [6.07, 6.45) is 0.339. The zero-order valence-corrected chi connectivity index (χ0v) is 7.06. The van der Waals surface area contributed by atoms with Crippen molar-refractivity contribution < 1.29 is 4.74 Å². The highest BCUT2D eigenvalue weighted by molar-refractivity contribution is 6.31. The van der Waals surface area contributed by atoms with Crippen LogP contribution in [0.1, 0.15) is 17.2 Å². The van der Waals surface area contributed by atoms with Crippen molar-refractivity contribution in [2.75, 3.05) is 6.61 Å². The zero-order chi connectivity index (χ0) is 7.84. The Bertz CT molecular complexity index is 279. The molecule has 0 unspecified atom stereocenters. The van der Waals surface area contributed by atoms with Gasteiger partial charge in [-0.25, -0.2) is 0 Å². The lowest BCUT2D eigenvalue weighted by Gasteiger charge is -1.99. The lowest BCUT2D eigenvalue weighted by Crippen LogP contribution is -1.82. The van der Waals surface area contributed by atoms with Crippen molar-refractivity contribution in [3.63, 3.8) is 0 Å². The third-order valence-corrected chi connectivity index (χ3v) is 2.31. The summed E-state index contributed by atoms with van der Waals surface area (Å²) in [5, 5.41) is 0.828. The minimum absolute atomic E-state index is 0.339. The van der Waals surface area contributed by atoms with Crippen molar-refractivity contribution in [2.45, 2.75) is 13.0 Å². The molecule has 2 rings (SSSR count). The SMILES string of the molecule is Cc1cc([C@H]2CO2)ccc1Cl. The molecule has 11 heavy (non-hydrogen) atoms. The van der Waals surface area contributed by atoms with E-state index in [1.54, 1.807) is 0 Å². The monoisotopic (exact) mass is 168 g/mol. The van der Waals surface area contributed by atoms with Gasteiger partial charge in [0, 0.05) is 5.02 Å². The Morgan fingerprint density at radius 2 is 2.27 bits per heavy atom. The number of epoxide rings is 1. The molecule has 0 saturated carbocycles. The maximum Gasteiger partial charge on any atom is 0.106 e. The summed E-state index contributed by atoms with van der Waals surface area (Å²) in [6, 6.07) is 6.03. The van der Waals surface area contributed by atoms with Gasteiger partial charge in [0.1, 0.15) is 6.10 Å². The highest BCUT2D eigenvalue weighted by Crippen LogP contribution is 2.31. The highest BCUT2D eigenvalue weighted by Gasteiger charge is 2.24. The Balaban J connectivity index is 2.36. The van der Waals surface area contributed by atoms with E-state index in [4.69, 9.17) is 16.3 Å². The average molecular weight is 169 g/mol. The summed E-state index contributed by atoms with van der Waals surface area (Å²) >= 11 is 5.86. The smallest absolute Gasteiger partial charge is 0.106 e. The molecule has 0 radical (unpaired) electrons. The van der Waals surface area contributed by atoms with Crippen LogP contribution in [0.4, 0.5) is 0 Å². The second-order valence-electron chi connectivity index (χ2n) is 2.83. The van der Waals surface area contributed by atoms with Gasteiger partial charge in [0.25, 0.3) is 0 Å². The van der Waals surface area contributed by atoms with Crippen LogP contribution in [0.2, 0.25) is 5.02 Å². The summed E-state index contributed by atoms with van der Waals surface area (Å²) < 4.78 is 5.15. The molecule has 58 valence electrons. The fourth-order valence-electron chi connectivity index (χ4n) is 1.11. The first-order valence-corrected chi connectivity index (χ1v) is 4.03. The zero-order valence-electron chi connectivity index (χ0n) is 6.30. The van der Waals surface area contributed by atoms with Crippen LogP contribution in [-0.2, 0) is 4.74 Å². The van der Waals surface area contributed by atoms with Gasteiger partial charge >= 0.3 is 0 Å². The molecule has 0 amide bonds. The summed E-state index contributed by atoms with van der Waals surface area (Å²) in [5.74, 6) is 0. The van der Waals surface area contributed by atoms with Crippen LogP contribution < -0.4 is 0 Å². The molecule has 1 aliphatic rings.